The molecule has 1 heterocycles. The van der Waals surface area contributed by atoms with Gasteiger partial charge in [0.05, 0.1) is 5.92 Å². The minimum absolute atomic E-state index is 0.0108. The van der Waals surface area contributed by atoms with Gasteiger partial charge in [0, 0.05) is 37.1 Å². The molecular weight excluding hydrogens is 360 g/mol. The van der Waals surface area contributed by atoms with Gasteiger partial charge in [-0.15, -0.1) is 0 Å². The third kappa shape index (κ3) is 4.69. The predicted molar refractivity (Wildman–Crippen MR) is 107 cm³/mol. The molecule has 4 nitrogen and oxygen atoms in total. The fourth-order valence-electron chi connectivity index (χ4n) is 3.45. The maximum absolute atomic E-state index is 13.1. The van der Waals surface area contributed by atoms with E-state index >= 15 is 0 Å². The van der Waals surface area contributed by atoms with E-state index < -0.39 is 0 Å². The van der Waals surface area contributed by atoms with Crippen molar-refractivity contribution < 1.29 is 9.59 Å². The number of amides is 2. The lowest BCUT2D eigenvalue weighted by molar-refractivity contribution is -0.138. The van der Waals surface area contributed by atoms with E-state index in [1.165, 1.54) is 0 Å². The van der Waals surface area contributed by atoms with Crippen LogP contribution in [0.4, 0.5) is 0 Å². The molecule has 3 rings (SSSR count). The van der Waals surface area contributed by atoms with Crippen LogP contribution in [-0.2, 0) is 22.7 Å². The van der Waals surface area contributed by atoms with Crippen LogP contribution in [0.2, 0.25) is 5.02 Å². The Hall–Kier alpha value is -2.33. The second-order valence-electron chi connectivity index (χ2n) is 7.31. The van der Waals surface area contributed by atoms with Crippen LogP contribution in [0.3, 0.4) is 0 Å². The summed E-state index contributed by atoms with van der Waals surface area (Å²) in [5, 5.41) is 0.646. The summed E-state index contributed by atoms with van der Waals surface area (Å²) in [4.78, 5) is 29.2. The van der Waals surface area contributed by atoms with Crippen LogP contribution in [0.15, 0.2) is 54.6 Å². The van der Waals surface area contributed by atoms with Crippen LogP contribution >= 0.6 is 11.6 Å². The van der Waals surface area contributed by atoms with E-state index in [0.29, 0.717) is 24.7 Å². The lowest BCUT2D eigenvalue weighted by atomic mass is 10.1. The van der Waals surface area contributed by atoms with Gasteiger partial charge in [0.1, 0.15) is 0 Å². The summed E-state index contributed by atoms with van der Waals surface area (Å²) in [5.41, 5.74) is 2.00. The number of nitrogens with zero attached hydrogens (tertiary/aromatic N) is 2. The number of carbonyl (C=O) groups excluding carboxylic acids is 2. The SMILES string of the molecule is CC(C)N(Cc1ccccc1)C(=O)C1CC(=O)N(Cc2ccccc2Cl)C1. The van der Waals surface area contributed by atoms with Gasteiger partial charge >= 0.3 is 0 Å². The monoisotopic (exact) mass is 384 g/mol. The Kier molecular flexibility index (Phi) is 6.17. The number of benzene rings is 2. The van der Waals surface area contributed by atoms with Gasteiger partial charge in [-0.3, -0.25) is 9.59 Å². The van der Waals surface area contributed by atoms with Gasteiger partial charge in [0.25, 0.3) is 0 Å². The third-order valence-electron chi connectivity index (χ3n) is 4.98. The van der Waals surface area contributed by atoms with Gasteiger partial charge in [-0.25, -0.2) is 0 Å². The normalized spacial score (nSPS) is 16.8. The highest BCUT2D eigenvalue weighted by Crippen LogP contribution is 2.26. The summed E-state index contributed by atoms with van der Waals surface area (Å²) in [7, 11) is 0. The van der Waals surface area contributed by atoms with E-state index in [4.69, 9.17) is 11.6 Å². The highest BCUT2D eigenvalue weighted by Gasteiger charge is 2.37. The second kappa shape index (κ2) is 8.57. The van der Waals surface area contributed by atoms with Crippen LogP contribution in [0.1, 0.15) is 31.4 Å². The minimum atomic E-state index is -0.300. The molecule has 1 aliphatic rings. The molecule has 0 N–H and O–H groups in total. The topological polar surface area (TPSA) is 40.6 Å². The fourth-order valence-corrected chi connectivity index (χ4v) is 3.65. The Morgan fingerprint density at radius 1 is 1.15 bits per heavy atom. The van der Waals surface area contributed by atoms with Crippen molar-refractivity contribution in [2.75, 3.05) is 6.54 Å². The van der Waals surface area contributed by atoms with Crippen LogP contribution in [0.5, 0.6) is 0 Å². The summed E-state index contributed by atoms with van der Waals surface area (Å²) >= 11 is 6.22. The van der Waals surface area contributed by atoms with Crippen LogP contribution in [-0.4, -0.2) is 34.2 Å². The highest BCUT2D eigenvalue weighted by atomic mass is 35.5. The lowest BCUT2D eigenvalue weighted by Crippen LogP contribution is -2.41. The van der Waals surface area contributed by atoms with Crippen LogP contribution in [0, 0.1) is 5.92 Å². The molecule has 0 aliphatic carbocycles. The summed E-state index contributed by atoms with van der Waals surface area (Å²) in [6, 6.07) is 17.5. The number of carbonyl (C=O) groups is 2. The number of hydrogen-bond donors (Lipinski definition) is 0. The van der Waals surface area contributed by atoms with Crippen molar-refractivity contribution >= 4 is 23.4 Å². The fraction of sp³-hybridized carbons (Fsp3) is 0.364. The number of likely N-dealkylation sites (tertiary alicyclic amines) is 1. The zero-order valence-corrected chi connectivity index (χ0v) is 16.5. The summed E-state index contributed by atoms with van der Waals surface area (Å²) < 4.78 is 0. The zero-order valence-electron chi connectivity index (χ0n) is 15.8. The molecule has 0 spiro atoms. The highest BCUT2D eigenvalue weighted by molar-refractivity contribution is 6.31. The quantitative estimate of drug-likeness (QED) is 0.751. The zero-order chi connectivity index (χ0) is 19.4. The first-order chi connectivity index (χ1) is 13.0. The number of hydrogen-bond acceptors (Lipinski definition) is 2. The minimum Gasteiger partial charge on any atom is -0.337 e. The number of rotatable bonds is 6. The van der Waals surface area contributed by atoms with E-state index in [1.54, 1.807) is 4.90 Å². The van der Waals surface area contributed by atoms with Crippen molar-refractivity contribution in [2.24, 2.45) is 5.92 Å². The second-order valence-corrected chi connectivity index (χ2v) is 7.72. The molecule has 1 saturated heterocycles. The van der Waals surface area contributed by atoms with Gasteiger partial charge in [-0.2, -0.15) is 0 Å². The van der Waals surface area contributed by atoms with Gasteiger partial charge in [-0.05, 0) is 31.0 Å². The summed E-state index contributed by atoms with van der Waals surface area (Å²) in [6.45, 7) is 5.48. The molecule has 0 saturated carbocycles. The van der Waals surface area contributed by atoms with Crippen molar-refractivity contribution in [2.45, 2.75) is 39.4 Å². The Bertz CT molecular complexity index is 807. The molecule has 142 valence electrons. The first-order valence-corrected chi connectivity index (χ1v) is 9.69. The van der Waals surface area contributed by atoms with Gasteiger partial charge < -0.3 is 9.80 Å². The van der Waals surface area contributed by atoms with Crippen molar-refractivity contribution in [3.63, 3.8) is 0 Å². The first-order valence-electron chi connectivity index (χ1n) is 9.31. The van der Waals surface area contributed by atoms with Crippen LogP contribution < -0.4 is 0 Å². The smallest absolute Gasteiger partial charge is 0.228 e. The molecule has 1 unspecified atom stereocenters. The molecule has 1 fully saturated rings. The molecule has 0 bridgehead atoms. The maximum Gasteiger partial charge on any atom is 0.228 e. The molecular formula is C22H25ClN2O2. The molecule has 5 heteroatoms. The molecule has 1 atom stereocenters. The Labute approximate surface area is 165 Å². The Morgan fingerprint density at radius 3 is 2.48 bits per heavy atom. The molecule has 2 aromatic rings. The van der Waals surface area contributed by atoms with E-state index in [0.717, 1.165) is 11.1 Å². The van der Waals surface area contributed by atoms with Crippen LogP contribution in [0.25, 0.3) is 0 Å². The average molecular weight is 385 g/mol. The van der Waals surface area contributed by atoms with Gasteiger partial charge in [-0.1, -0.05) is 60.1 Å². The molecule has 2 aromatic carbocycles. The summed E-state index contributed by atoms with van der Waals surface area (Å²) in [6.07, 6.45) is 0.265. The number of halogens is 1. The van der Waals surface area contributed by atoms with Crippen molar-refractivity contribution in [3.8, 4) is 0 Å². The van der Waals surface area contributed by atoms with Crippen molar-refractivity contribution in [1.29, 1.82) is 0 Å². The largest absolute Gasteiger partial charge is 0.337 e. The maximum atomic E-state index is 13.1. The third-order valence-corrected chi connectivity index (χ3v) is 5.35. The van der Waals surface area contributed by atoms with Crippen molar-refractivity contribution in [3.05, 3.63) is 70.7 Å². The lowest BCUT2D eigenvalue weighted by Gasteiger charge is -2.29. The molecule has 27 heavy (non-hydrogen) atoms. The first kappa shape index (κ1) is 19.4. The van der Waals surface area contributed by atoms with Gasteiger partial charge in [0.2, 0.25) is 11.8 Å². The van der Waals surface area contributed by atoms with Gasteiger partial charge in [0.15, 0.2) is 0 Å². The van der Waals surface area contributed by atoms with Crippen molar-refractivity contribution in [1.82, 2.24) is 9.80 Å². The average Bonchev–Trinajstić information content (AvgIpc) is 3.02. The molecule has 2 amide bonds. The van der Waals surface area contributed by atoms with E-state index in [9.17, 15) is 9.59 Å². The standard InChI is InChI=1S/C22H25ClN2O2/c1-16(2)25(13-17-8-4-3-5-9-17)22(27)19-12-21(26)24(15-19)14-18-10-6-7-11-20(18)23/h3-11,16,19H,12-15H2,1-2H3. The molecule has 0 aromatic heterocycles. The predicted octanol–water partition coefficient (Wildman–Crippen LogP) is 4.13. The van der Waals surface area contributed by atoms with E-state index in [-0.39, 0.29) is 30.2 Å². The molecule has 1 aliphatic heterocycles. The molecule has 0 radical (unpaired) electrons. The summed E-state index contributed by atoms with van der Waals surface area (Å²) in [5.74, 6) is -0.244. The Morgan fingerprint density at radius 2 is 1.81 bits per heavy atom. The van der Waals surface area contributed by atoms with E-state index in [1.807, 2.05) is 73.3 Å². The Balaban J connectivity index is 1.69. The van der Waals surface area contributed by atoms with E-state index in [2.05, 4.69) is 0 Å².